The Morgan fingerprint density at radius 3 is 2.59 bits per heavy atom. The van der Waals surface area contributed by atoms with Crippen LogP contribution in [0.25, 0.3) is 11.1 Å². The largest absolute Gasteiger partial charge is 0.480 e. The van der Waals surface area contributed by atoms with Crippen LogP contribution in [0.5, 0.6) is 0 Å². The van der Waals surface area contributed by atoms with Gasteiger partial charge in [-0.25, -0.2) is 4.79 Å². The van der Waals surface area contributed by atoms with Crippen molar-refractivity contribution in [3.05, 3.63) is 59.2 Å². The van der Waals surface area contributed by atoms with Crippen molar-refractivity contribution >= 4 is 23.6 Å². The fourth-order valence-corrected chi connectivity index (χ4v) is 5.72. The highest BCUT2D eigenvalue weighted by molar-refractivity contribution is 7.98. The number of carbonyl (C=O) groups excluding carboxylic acids is 1. The monoisotopic (exact) mass is 554 g/mol. The van der Waals surface area contributed by atoms with Gasteiger partial charge in [-0.2, -0.15) is 16.8 Å². The van der Waals surface area contributed by atoms with E-state index in [2.05, 4.69) is 23.4 Å². The third kappa shape index (κ3) is 9.96. The van der Waals surface area contributed by atoms with Crippen molar-refractivity contribution in [2.75, 3.05) is 25.2 Å². The van der Waals surface area contributed by atoms with E-state index in [0.717, 1.165) is 54.0 Å². The molecule has 6 nitrogen and oxygen atoms in total. The lowest BCUT2D eigenvalue weighted by atomic mass is 9.87. The fraction of sp³-hybridized carbons (Fsp3) is 0.562. The van der Waals surface area contributed by atoms with E-state index in [1.165, 1.54) is 32.1 Å². The highest BCUT2D eigenvalue weighted by Gasteiger charge is 2.23. The van der Waals surface area contributed by atoms with Gasteiger partial charge in [-0.3, -0.25) is 9.63 Å². The molecule has 1 aliphatic carbocycles. The quantitative estimate of drug-likeness (QED) is 0.170. The van der Waals surface area contributed by atoms with E-state index in [1.54, 1.807) is 11.8 Å². The van der Waals surface area contributed by atoms with E-state index in [4.69, 9.17) is 4.84 Å². The number of carboxylic acids is 1. The molecule has 1 amide bonds. The van der Waals surface area contributed by atoms with Crippen molar-refractivity contribution < 1.29 is 19.5 Å². The molecule has 0 bridgehead atoms. The van der Waals surface area contributed by atoms with E-state index in [1.807, 2.05) is 49.6 Å². The molecule has 0 radical (unpaired) electrons. The van der Waals surface area contributed by atoms with Gasteiger partial charge in [0.2, 0.25) is 0 Å². The Hall–Kier alpha value is -2.35. The predicted octanol–water partition coefficient (Wildman–Crippen LogP) is 7.10. The van der Waals surface area contributed by atoms with Crippen LogP contribution in [0.4, 0.5) is 0 Å². The summed E-state index contributed by atoms with van der Waals surface area (Å²) in [5, 5.41) is 14.5. The zero-order valence-corrected chi connectivity index (χ0v) is 24.7. The third-order valence-corrected chi connectivity index (χ3v) is 8.26. The predicted molar refractivity (Wildman–Crippen MR) is 161 cm³/mol. The lowest BCUT2D eigenvalue weighted by Crippen LogP contribution is -2.41. The summed E-state index contributed by atoms with van der Waals surface area (Å²) in [5.74, 6) is 0.0686. The van der Waals surface area contributed by atoms with Crippen molar-refractivity contribution in [2.45, 2.75) is 84.2 Å². The van der Waals surface area contributed by atoms with Crippen LogP contribution < -0.4 is 5.32 Å². The molecule has 214 valence electrons. The van der Waals surface area contributed by atoms with Gasteiger partial charge in [0.15, 0.2) is 0 Å². The number of carboxylic acid groups (broad SMARTS) is 1. The summed E-state index contributed by atoms with van der Waals surface area (Å²) in [7, 11) is 0. The van der Waals surface area contributed by atoms with E-state index >= 15 is 0 Å². The molecule has 7 heteroatoms. The molecule has 1 saturated carbocycles. The highest BCUT2D eigenvalue weighted by atomic mass is 32.2. The van der Waals surface area contributed by atoms with Crippen LogP contribution in [0.2, 0.25) is 0 Å². The van der Waals surface area contributed by atoms with Gasteiger partial charge in [0, 0.05) is 18.7 Å². The second-order valence-corrected chi connectivity index (χ2v) is 11.7. The van der Waals surface area contributed by atoms with Crippen LogP contribution >= 0.6 is 11.8 Å². The first kappa shape index (κ1) is 31.2. The Kier molecular flexibility index (Phi) is 13.3. The molecule has 1 fully saturated rings. The minimum absolute atomic E-state index is 0.360. The van der Waals surface area contributed by atoms with Gasteiger partial charge in [-0.05, 0) is 78.5 Å². The van der Waals surface area contributed by atoms with Crippen LogP contribution in [0, 0.1) is 12.8 Å². The van der Waals surface area contributed by atoms with Crippen LogP contribution in [-0.4, -0.2) is 53.2 Å². The first-order valence-electron chi connectivity index (χ1n) is 14.5. The van der Waals surface area contributed by atoms with Crippen LogP contribution in [-0.2, 0) is 16.2 Å². The molecule has 39 heavy (non-hydrogen) atoms. The Morgan fingerprint density at radius 2 is 1.90 bits per heavy atom. The zero-order chi connectivity index (χ0) is 28.0. The number of nitrogens with zero attached hydrogens (tertiary/aromatic N) is 1. The molecule has 0 spiro atoms. The van der Waals surface area contributed by atoms with Crippen molar-refractivity contribution in [2.24, 2.45) is 5.92 Å². The Morgan fingerprint density at radius 1 is 1.13 bits per heavy atom. The summed E-state index contributed by atoms with van der Waals surface area (Å²) in [6.07, 6.45) is 12.2. The smallest absolute Gasteiger partial charge is 0.326 e. The number of amides is 1. The molecular weight excluding hydrogens is 508 g/mol. The molecule has 1 unspecified atom stereocenters. The number of hydrogen-bond acceptors (Lipinski definition) is 5. The maximum absolute atomic E-state index is 13.4. The number of nitrogens with one attached hydrogen (secondary N) is 1. The van der Waals surface area contributed by atoms with Crippen molar-refractivity contribution in [1.82, 2.24) is 10.4 Å². The summed E-state index contributed by atoms with van der Waals surface area (Å²) in [6, 6.07) is 13.0. The summed E-state index contributed by atoms with van der Waals surface area (Å²) in [5.41, 5.74) is 4.42. The van der Waals surface area contributed by atoms with Gasteiger partial charge in [-0.1, -0.05) is 75.8 Å². The molecule has 2 aromatic rings. The molecule has 0 saturated heterocycles. The second-order valence-electron chi connectivity index (χ2n) is 10.7. The number of hydrogen-bond donors (Lipinski definition) is 2. The highest BCUT2D eigenvalue weighted by Crippen LogP contribution is 2.30. The Bertz CT molecular complexity index is 1050. The Balaban J connectivity index is 1.85. The standard InChI is InChI=1S/C32H46N2O4S/c1-4-5-20-38-34(19-17-25-12-7-6-8-13-25)23-26-15-16-28(29(22-26)27-14-10-9-11-24(27)2)31(35)33-30(32(36)37)18-21-39-3/h9-11,14-16,22,25,30H,4-8,12-13,17-21,23H2,1-3H3,(H,33,35)(H,36,37). The maximum Gasteiger partial charge on any atom is 0.326 e. The minimum atomic E-state index is -1.01. The first-order valence-corrected chi connectivity index (χ1v) is 15.9. The molecule has 3 rings (SSSR count). The molecule has 0 aliphatic heterocycles. The van der Waals surface area contributed by atoms with E-state index < -0.39 is 12.0 Å². The molecule has 2 N–H and O–H groups in total. The van der Waals surface area contributed by atoms with E-state index in [-0.39, 0.29) is 5.91 Å². The zero-order valence-electron chi connectivity index (χ0n) is 23.9. The van der Waals surface area contributed by atoms with Crippen molar-refractivity contribution in [1.29, 1.82) is 0 Å². The number of rotatable bonds is 16. The van der Waals surface area contributed by atoms with Gasteiger partial charge in [0.05, 0.1) is 6.61 Å². The third-order valence-electron chi connectivity index (χ3n) is 7.62. The van der Waals surface area contributed by atoms with E-state index in [0.29, 0.717) is 30.9 Å². The average molecular weight is 555 g/mol. The van der Waals surface area contributed by atoms with Gasteiger partial charge >= 0.3 is 5.97 Å². The number of benzene rings is 2. The lowest BCUT2D eigenvalue weighted by Gasteiger charge is -2.27. The maximum atomic E-state index is 13.4. The lowest BCUT2D eigenvalue weighted by molar-refractivity contribution is -0.169. The SMILES string of the molecule is CCCCON(CCC1CCCCC1)Cc1ccc(C(=O)NC(CCSC)C(=O)O)c(-c2ccccc2C)c1. The first-order chi connectivity index (χ1) is 18.9. The molecule has 2 aromatic carbocycles. The van der Waals surface area contributed by atoms with Gasteiger partial charge in [0.1, 0.15) is 6.04 Å². The number of aliphatic carboxylic acids is 1. The molecule has 1 aliphatic rings. The molecule has 0 heterocycles. The van der Waals surface area contributed by atoms with E-state index in [9.17, 15) is 14.7 Å². The van der Waals surface area contributed by atoms with Gasteiger partial charge < -0.3 is 10.4 Å². The molecule has 0 aromatic heterocycles. The number of unbranched alkanes of at least 4 members (excludes halogenated alkanes) is 1. The number of hydroxylamine groups is 2. The topological polar surface area (TPSA) is 78.9 Å². The van der Waals surface area contributed by atoms with Crippen LogP contribution in [0.15, 0.2) is 42.5 Å². The van der Waals surface area contributed by atoms with Crippen LogP contribution in [0.1, 0.15) is 86.2 Å². The number of aryl methyl sites for hydroxylation is 1. The van der Waals surface area contributed by atoms with Crippen molar-refractivity contribution in [3.8, 4) is 11.1 Å². The fourth-order valence-electron chi connectivity index (χ4n) is 5.25. The van der Waals surface area contributed by atoms with Gasteiger partial charge in [-0.15, -0.1) is 0 Å². The Labute approximate surface area is 238 Å². The number of thioether (sulfide) groups is 1. The van der Waals surface area contributed by atoms with Crippen LogP contribution in [0.3, 0.4) is 0 Å². The molecular formula is C32H46N2O4S. The summed E-state index contributed by atoms with van der Waals surface area (Å²) >= 11 is 1.57. The number of carbonyl (C=O) groups is 2. The average Bonchev–Trinajstić information content (AvgIpc) is 2.94. The normalized spacial score (nSPS) is 14.9. The molecule has 1 atom stereocenters. The summed E-state index contributed by atoms with van der Waals surface area (Å²) < 4.78 is 0. The minimum Gasteiger partial charge on any atom is -0.480 e. The van der Waals surface area contributed by atoms with Gasteiger partial charge in [0.25, 0.3) is 5.91 Å². The second kappa shape index (κ2) is 16.7. The summed E-state index contributed by atoms with van der Waals surface area (Å²) in [4.78, 5) is 31.4. The van der Waals surface area contributed by atoms with Crippen molar-refractivity contribution in [3.63, 3.8) is 0 Å². The summed E-state index contributed by atoms with van der Waals surface area (Å²) in [6.45, 7) is 6.45.